The molecule has 0 bridgehead atoms. The number of methoxy groups -OCH3 is 2. The molecule has 1 saturated heterocycles. The Morgan fingerprint density at radius 3 is 2.78 bits per heavy atom. The van der Waals surface area contributed by atoms with Gasteiger partial charge >= 0.3 is 0 Å². The van der Waals surface area contributed by atoms with Crippen LogP contribution in [0.3, 0.4) is 0 Å². The molecule has 2 aliphatic heterocycles. The number of aromatic nitrogens is 1. The molecule has 0 radical (unpaired) electrons. The molecule has 3 heterocycles. The molecule has 2 aromatic rings. The fraction of sp³-hybridized carbons (Fsp3) is 0.400. The van der Waals surface area contributed by atoms with Crippen molar-refractivity contribution in [3.63, 3.8) is 0 Å². The van der Waals surface area contributed by atoms with Crippen molar-refractivity contribution in [1.82, 2.24) is 9.88 Å². The van der Waals surface area contributed by atoms with Crippen molar-refractivity contribution in [3.05, 3.63) is 52.8 Å². The van der Waals surface area contributed by atoms with Crippen LogP contribution in [0.5, 0.6) is 11.5 Å². The van der Waals surface area contributed by atoms with Crippen LogP contribution in [0, 0.1) is 0 Å². The average molecular weight is 404 g/mol. The first kappa shape index (κ1) is 18.4. The summed E-state index contributed by atoms with van der Waals surface area (Å²) in [6.45, 7) is 2.22. The Morgan fingerprint density at radius 1 is 1.26 bits per heavy atom. The van der Waals surface area contributed by atoms with E-state index in [9.17, 15) is 0 Å². The van der Waals surface area contributed by atoms with Gasteiger partial charge in [0.25, 0.3) is 0 Å². The molecule has 2 aliphatic rings. The molecule has 0 unspecified atom stereocenters. The molecular formula is C20H22ClN3O2S. The molecule has 0 N–H and O–H groups in total. The third kappa shape index (κ3) is 3.15. The number of aliphatic imine (C=N–C) groups is 1. The zero-order chi connectivity index (χ0) is 19.0. The number of nitrogens with zero attached hydrogens (tertiary/aromatic N) is 3. The Labute approximate surface area is 168 Å². The van der Waals surface area contributed by atoms with E-state index >= 15 is 0 Å². The number of hydrogen-bond acceptors (Lipinski definition) is 6. The van der Waals surface area contributed by atoms with Crippen molar-refractivity contribution in [2.75, 3.05) is 20.0 Å². The molecule has 0 aliphatic carbocycles. The SMILES string of the molecule is CC[C@H]1CSC2=N[C@@H](c3ccccn3)[C@@H](c3cc(Cl)c(OC)c(OC)c3)N21. The minimum absolute atomic E-state index is 0.0344. The lowest BCUT2D eigenvalue weighted by Crippen LogP contribution is -2.35. The van der Waals surface area contributed by atoms with E-state index in [4.69, 9.17) is 26.1 Å². The summed E-state index contributed by atoms with van der Waals surface area (Å²) < 4.78 is 10.9. The molecule has 1 aromatic carbocycles. The third-order valence-electron chi connectivity index (χ3n) is 5.13. The fourth-order valence-electron chi connectivity index (χ4n) is 3.82. The van der Waals surface area contributed by atoms with Gasteiger partial charge in [0.05, 0.1) is 31.0 Å². The molecule has 27 heavy (non-hydrogen) atoms. The summed E-state index contributed by atoms with van der Waals surface area (Å²) in [5.41, 5.74) is 2.03. The topological polar surface area (TPSA) is 47.0 Å². The second kappa shape index (κ2) is 7.60. The van der Waals surface area contributed by atoms with E-state index < -0.39 is 0 Å². The van der Waals surface area contributed by atoms with Crippen molar-refractivity contribution in [2.45, 2.75) is 31.5 Å². The van der Waals surface area contributed by atoms with E-state index in [1.807, 2.05) is 48.3 Å². The summed E-state index contributed by atoms with van der Waals surface area (Å²) in [5.74, 6) is 2.24. The molecule has 7 heteroatoms. The monoisotopic (exact) mass is 403 g/mol. The molecule has 142 valence electrons. The maximum Gasteiger partial charge on any atom is 0.179 e. The predicted molar refractivity (Wildman–Crippen MR) is 110 cm³/mol. The Kier molecular flexibility index (Phi) is 5.19. The first-order valence-electron chi connectivity index (χ1n) is 8.99. The van der Waals surface area contributed by atoms with Gasteiger partial charge in [0.1, 0.15) is 6.04 Å². The number of benzene rings is 1. The van der Waals surface area contributed by atoms with Crippen LogP contribution < -0.4 is 9.47 Å². The van der Waals surface area contributed by atoms with Crippen LogP contribution in [0.25, 0.3) is 0 Å². The first-order chi connectivity index (χ1) is 13.2. The normalized spacial score (nSPS) is 23.9. The predicted octanol–water partition coefficient (Wildman–Crippen LogP) is 4.73. The van der Waals surface area contributed by atoms with Gasteiger partial charge in [-0.1, -0.05) is 36.4 Å². The summed E-state index contributed by atoms with van der Waals surface area (Å²) in [6, 6.07) is 10.4. The third-order valence-corrected chi connectivity index (χ3v) is 6.53. The van der Waals surface area contributed by atoms with Crippen LogP contribution in [0.2, 0.25) is 5.02 Å². The number of thioether (sulfide) groups is 1. The number of rotatable bonds is 5. The van der Waals surface area contributed by atoms with Gasteiger partial charge in [-0.2, -0.15) is 0 Å². The summed E-state index contributed by atoms with van der Waals surface area (Å²) in [7, 11) is 3.23. The Hall–Kier alpha value is -1.92. The molecular weight excluding hydrogens is 382 g/mol. The zero-order valence-electron chi connectivity index (χ0n) is 15.6. The molecule has 3 atom stereocenters. The zero-order valence-corrected chi connectivity index (χ0v) is 17.1. The number of hydrogen-bond donors (Lipinski definition) is 0. The average Bonchev–Trinajstić information content (AvgIpc) is 3.26. The number of ether oxygens (including phenoxy) is 2. The molecule has 4 rings (SSSR count). The van der Waals surface area contributed by atoms with Crippen molar-refractivity contribution < 1.29 is 9.47 Å². The Bertz CT molecular complexity index is 862. The smallest absolute Gasteiger partial charge is 0.179 e. The molecule has 5 nitrogen and oxygen atoms in total. The standard InChI is InChI=1S/C20H22ClN3O2S/c1-4-13-11-27-20-23-17(15-7-5-6-8-22-15)18(24(13)20)12-9-14(21)19(26-3)16(10-12)25-2/h5-10,13,17-18H,4,11H2,1-3H3/t13-,17-,18+/m0/s1. The molecule has 0 saturated carbocycles. The number of pyridine rings is 1. The van der Waals surface area contributed by atoms with Gasteiger partial charge in [-0.05, 0) is 36.2 Å². The maximum atomic E-state index is 6.52. The first-order valence-corrected chi connectivity index (χ1v) is 10.4. The van der Waals surface area contributed by atoms with Gasteiger partial charge in [-0.3, -0.25) is 9.98 Å². The number of fused-ring (bicyclic) bond motifs is 1. The summed E-state index contributed by atoms with van der Waals surface area (Å²) in [6.07, 6.45) is 2.89. The highest BCUT2D eigenvalue weighted by atomic mass is 35.5. The van der Waals surface area contributed by atoms with E-state index in [-0.39, 0.29) is 12.1 Å². The van der Waals surface area contributed by atoms with Crippen LogP contribution in [0.4, 0.5) is 0 Å². The highest BCUT2D eigenvalue weighted by molar-refractivity contribution is 8.14. The lowest BCUT2D eigenvalue weighted by molar-refractivity contribution is 0.254. The largest absolute Gasteiger partial charge is 0.493 e. The van der Waals surface area contributed by atoms with Crippen LogP contribution in [-0.2, 0) is 0 Å². The van der Waals surface area contributed by atoms with Crippen LogP contribution in [0.15, 0.2) is 41.5 Å². The second-order valence-electron chi connectivity index (χ2n) is 6.57. The van der Waals surface area contributed by atoms with Crippen molar-refractivity contribution in [2.24, 2.45) is 4.99 Å². The van der Waals surface area contributed by atoms with E-state index in [1.165, 1.54) is 0 Å². The van der Waals surface area contributed by atoms with Gasteiger partial charge in [-0.25, -0.2) is 0 Å². The lowest BCUT2D eigenvalue weighted by atomic mass is 9.95. The summed E-state index contributed by atoms with van der Waals surface area (Å²) in [4.78, 5) is 12.0. The van der Waals surface area contributed by atoms with Crippen molar-refractivity contribution >= 4 is 28.5 Å². The van der Waals surface area contributed by atoms with Gasteiger partial charge in [0.2, 0.25) is 0 Å². The van der Waals surface area contributed by atoms with E-state index in [0.29, 0.717) is 22.6 Å². The summed E-state index contributed by atoms with van der Waals surface area (Å²) >= 11 is 8.34. The molecule has 1 fully saturated rings. The molecule has 1 aromatic heterocycles. The Balaban J connectivity index is 1.83. The number of halogens is 1. The maximum absolute atomic E-state index is 6.52. The second-order valence-corrected chi connectivity index (χ2v) is 7.97. The van der Waals surface area contributed by atoms with Crippen molar-refractivity contribution in [1.29, 1.82) is 0 Å². The number of amidine groups is 1. The van der Waals surface area contributed by atoms with Crippen LogP contribution >= 0.6 is 23.4 Å². The minimum atomic E-state index is -0.0720. The van der Waals surface area contributed by atoms with Crippen LogP contribution in [0.1, 0.15) is 36.7 Å². The van der Waals surface area contributed by atoms with Gasteiger partial charge < -0.3 is 14.4 Å². The summed E-state index contributed by atoms with van der Waals surface area (Å²) in [5, 5.41) is 1.63. The van der Waals surface area contributed by atoms with Gasteiger partial charge in [0, 0.05) is 18.0 Å². The highest BCUT2D eigenvalue weighted by Crippen LogP contribution is 2.50. The van der Waals surface area contributed by atoms with E-state index in [1.54, 1.807) is 14.2 Å². The highest BCUT2D eigenvalue weighted by Gasteiger charge is 2.45. The van der Waals surface area contributed by atoms with Crippen LogP contribution in [-0.4, -0.2) is 41.1 Å². The molecule has 0 spiro atoms. The fourth-order valence-corrected chi connectivity index (χ4v) is 5.45. The lowest BCUT2D eigenvalue weighted by Gasteiger charge is -2.32. The van der Waals surface area contributed by atoms with E-state index in [0.717, 1.165) is 28.6 Å². The Morgan fingerprint density at radius 2 is 2.11 bits per heavy atom. The van der Waals surface area contributed by atoms with E-state index in [2.05, 4.69) is 16.8 Å². The van der Waals surface area contributed by atoms with Gasteiger partial charge in [0.15, 0.2) is 16.7 Å². The minimum Gasteiger partial charge on any atom is -0.493 e. The van der Waals surface area contributed by atoms with Gasteiger partial charge in [-0.15, -0.1) is 0 Å². The van der Waals surface area contributed by atoms with Crippen molar-refractivity contribution in [3.8, 4) is 11.5 Å². The molecule has 0 amide bonds. The quantitative estimate of drug-likeness (QED) is 0.722.